The topological polar surface area (TPSA) is 280 Å². The average molecular weight is 963 g/mol. The number of unbranched alkanes of at least 4 members (excludes halogenated alkanes) is 8. The zero-order chi connectivity index (χ0) is 50.5. The summed E-state index contributed by atoms with van der Waals surface area (Å²) in [5, 5.41) is 28.4. The Labute approximate surface area is 407 Å². The number of rotatable bonds is 26. The first-order valence-electron chi connectivity index (χ1n) is 24.8. The first-order chi connectivity index (χ1) is 33.1. The number of benzene rings is 2. The van der Waals surface area contributed by atoms with Gasteiger partial charge in [-0.2, -0.15) is 0 Å². The molecule has 69 heavy (non-hydrogen) atoms. The molecule has 4 rings (SSSR count). The molecule has 0 aliphatic carbocycles. The van der Waals surface area contributed by atoms with Crippen molar-refractivity contribution in [3.63, 3.8) is 0 Å². The number of nitrogens with two attached hydrogens (primary N) is 2. The van der Waals surface area contributed by atoms with Crippen molar-refractivity contribution in [2.24, 2.45) is 11.5 Å². The number of hydrogen-bond acceptors (Lipinski definition) is 12. The minimum Gasteiger partial charge on any atom is -0.507 e. The van der Waals surface area contributed by atoms with Crippen molar-refractivity contribution in [2.45, 2.75) is 147 Å². The first kappa shape index (κ1) is 55.8. The van der Waals surface area contributed by atoms with Gasteiger partial charge in [-0.1, -0.05) is 64.0 Å². The predicted molar refractivity (Wildman–Crippen MR) is 264 cm³/mol. The number of aromatic hydroxyl groups is 1. The third kappa shape index (κ3) is 16.7. The Morgan fingerprint density at radius 2 is 1.54 bits per heavy atom. The number of nitrogens with zero attached hydrogens (tertiary/aromatic N) is 2. The molecule has 2 aliphatic heterocycles. The van der Waals surface area contributed by atoms with Crippen LogP contribution in [-0.4, -0.2) is 140 Å². The molecule has 2 aromatic rings. The van der Waals surface area contributed by atoms with Gasteiger partial charge in [-0.3, -0.25) is 33.6 Å². The fourth-order valence-corrected chi connectivity index (χ4v) is 8.69. The van der Waals surface area contributed by atoms with Gasteiger partial charge < -0.3 is 63.0 Å². The lowest BCUT2D eigenvalue weighted by molar-refractivity contribution is -0.143. The van der Waals surface area contributed by atoms with E-state index in [1.165, 1.54) is 82.3 Å². The molecule has 11 N–H and O–H groups in total. The molecule has 0 aromatic heterocycles. The first-order valence-corrected chi connectivity index (χ1v) is 24.8. The predicted octanol–water partition coefficient (Wildman–Crippen LogP) is 2.03. The summed E-state index contributed by atoms with van der Waals surface area (Å²) >= 11 is 0. The maximum Gasteiger partial charge on any atom is 0.248 e. The summed E-state index contributed by atoms with van der Waals surface area (Å²) in [6.45, 7) is 7.42. The molecule has 19 heteroatoms. The van der Waals surface area contributed by atoms with Gasteiger partial charge in [0.1, 0.15) is 54.4 Å². The van der Waals surface area contributed by atoms with Crippen LogP contribution in [0, 0.1) is 0 Å². The van der Waals surface area contributed by atoms with Crippen LogP contribution < -0.4 is 48.1 Å². The molecule has 6 atom stereocenters. The van der Waals surface area contributed by atoms with Crippen LogP contribution in [0.4, 0.5) is 0 Å². The molecule has 0 radical (unpaired) electrons. The van der Waals surface area contributed by atoms with Crippen molar-refractivity contribution in [1.82, 2.24) is 41.7 Å². The molecule has 0 unspecified atom stereocenters. The van der Waals surface area contributed by atoms with Crippen LogP contribution in [0.25, 0.3) is 11.1 Å². The van der Waals surface area contributed by atoms with E-state index >= 15 is 0 Å². The maximum absolute atomic E-state index is 14.6. The van der Waals surface area contributed by atoms with Crippen LogP contribution in [-0.2, 0) is 40.0 Å². The highest BCUT2D eigenvalue weighted by molar-refractivity contribution is 5.98. The van der Waals surface area contributed by atoms with E-state index in [0.29, 0.717) is 61.3 Å². The second kappa shape index (κ2) is 28.6. The quantitative estimate of drug-likeness (QED) is 0.0613. The Hall–Kier alpha value is -5.79. The molecule has 1 fully saturated rings. The third-order valence-corrected chi connectivity index (χ3v) is 12.7. The van der Waals surface area contributed by atoms with Crippen LogP contribution in [0.15, 0.2) is 36.4 Å². The van der Waals surface area contributed by atoms with Gasteiger partial charge >= 0.3 is 0 Å². The highest BCUT2D eigenvalue weighted by Gasteiger charge is 2.37. The van der Waals surface area contributed by atoms with Gasteiger partial charge in [0.2, 0.25) is 41.4 Å². The number of amides is 7. The number of carbonyl (C=O) groups is 7. The zero-order valence-electron chi connectivity index (χ0n) is 41.3. The second-order valence-electron chi connectivity index (χ2n) is 18.2. The van der Waals surface area contributed by atoms with Gasteiger partial charge in [-0.25, -0.2) is 0 Å². The SMILES string of the molecule is CCCCCCCCCCNCCC(=O)N[C@@H](CCCCN)C(=O)N(C)[C@@H]1C(=O)N[C@@H](C)C(=O)N[C@H](C(=O)N[C@@H](C)C(=O)N(C)[C@H]2CCNC2=O)Cc2ccc(O)c(c2)-c2cc1ccc2OCCN. The fourth-order valence-electron chi connectivity index (χ4n) is 8.69. The molecule has 2 heterocycles. The van der Waals surface area contributed by atoms with Crippen LogP contribution in [0.1, 0.15) is 121 Å². The molecule has 2 aromatic carbocycles. The fraction of sp³-hybridized carbons (Fsp3) is 0.620. The Morgan fingerprint density at radius 3 is 2.22 bits per heavy atom. The Kier molecular flexibility index (Phi) is 23.2. The molecule has 0 spiro atoms. The van der Waals surface area contributed by atoms with Crippen molar-refractivity contribution in [3.8, 4) is 22.6 Å². The Bertz CT molecular complexity index is 2050. The number of fused-ring (bicyclic) bond motifs is 5. The van der Waals surface area contributed by atoms with Crippen molar-refractivity contribution < 1.29 is 43.4 Å². The molecule has 382 valence electrons. The largest absolute Gasteiger partial charge is 0.507 e. The highest BCUT2D eigenvalue weighted by atomic mass is 16.5. The van der Waals surface area contributed by atoms with E-state index in [-0.39, 0.29) is 55.5 Å². The lowest BCUT2D eigenvalue weighted by atomic mass is 9.93. The zero-order valence-corrected chi connectivity index (χ0v) is 41.3. The highest BCUT2D eigenvalue weighted by Crippen LogP contribution is 2.39. The van der Waals surface area contributed by atoms with E-state index in [1.807, 2.05) is 0 Å². The molecule has 0 saturated carbocycles. The average Bonchev–Trinajstić information content (AvgIpc) is 3.77. The van der Waals surface area contributed by atoms with Gasteiger partial charge in [-0.05, 0) is 94.4 Å². The van der Waals surface area contributed by atoms with Crippen LogP contribution in [0.5, 0.6) is 11.5 Å². The van der Waals surface area contributed by atoms with E-state index in [2.05, 4.69) is 38.8 Å². The summed E-state index contributed by atoms with van der Waals surface area (Å²) in [4.78, 5) is 98.8. The van der Waals surface area contributed by atoms with E-state index in [4.69, 9.17) is 16.2 Å². The lowest BCUT2D eigenvalue weighted by Gasteiger charge is -2.33. The molecule has 4 bridgehead atoms. The summed E-state index contributed by atoms with van der Waals surface area (Å²) in [6, 6.07) is 2.79. The number of carbonyl (C=O) groups excluding carboxylic acids is 7. The summed E-state index contributed by atoms with van der Waals surface area (Å²) in [5.41, 5.74) is 13.0. The normalized spacial score (nSPS) is 19.0. The van der Waals surface area contributed by atoms with Gasteiger partial charge in [0.05, 0.1) is 0 Å². The van der Waals surface area contributed by atoms with Crippen molar-refractivity contribution in [3.05, 3.63) is 47.5 Å². The third-order valence-electron chi connectivity index (χ3n) is 12.7. The van der Waals surface area contributed by atoms with Gasteiger partial charge in [-0.15, -0.1) is 0 Å². The number of phenolic OH excluding ortho intramolecular Hbond substituents is 1. The van der Waals surface area contributed by atoms with Crippen LogP contribution >= 0.6 is 0 Å². The Balaban J connectivity index is 1.62. The van der Waals surface area contributed by atoms with E-state index < -0.39 is 65.8 Å². The van der Waals surface area contributed by atoms with Crippen molar-refractivity contribution in [1.29, 1.82) is 0 Å². The smallest absolute Gasteiger partial charge is 0.248 e. The van der Waals surface area contributed by atoms with Crippen LogP contribution in [0.2, 0.25) is 0 Å². The van der Waals surface area contributed by atoms with Gasteiger partial charge in [0, 0.05) is 57.7 Å². The van der Waals surface area contributed by atoms with E-state index in [0.717, 1.165) is 19.4 Å². The number of nitrogens with one attached hydrogen (secondary N) is 6. The number of hydrogen-bond donors (Lipinski definition) is 9. The number of phenols is 1. The van der Waals surface area contributed by atoms with Crippen LogP contribution in [0.3, 0.4) is 0 Å². The second-order valence-corrected chi connectivity index (χ2v) is 18.2. The molecular weight excluding hydrogens is 885 g/mol. The molecule has 2 aliphatic rings. The van der Waals surface area contributed by atoms with Crippen molar-refractivity contribution >= 4 is 41.4 Å². The number of ether oxygens (including phenoxy) is 1. The minimum absolute atomic E-state index is 0.0988. The summed E-state index contributed by atoms with van der Waals surface area (Å²) in [7, 11) is 2.94. The molecular formula is C50H78N10O9. The van der Waals surface area contributed by atoms with Crippen molar-refractivity contribution in [2.75, 3.05) is 53.4 Å². The summed E-state index contributed by atoms with van der Waals surface area (Å²) < 4.78 is 6.03. The lowest BCUT2D eigenvalue weighted by Crippen LogP contribution is -2.58. The van der Waals surface area contributed by atoms with Gasteiger partial charge in [0.25, 0.3) is 0 Å². The van der Waals surface area contributed by atoms with E-state index in [9.17, 15) is 38.7 Å². The molecule has 7 amide bonds. The molecule has 19 nitrogen and oxygen atoms in total. The van der Waals surface area contributed by atoms with Gasteiger partial charge in [0.15, 0.2) is 0 Å². The minimum atomic E-state index is -1.38. The summed E-state index contributed by atoms with van der Waals surface area (Å²) in [5.74, 6) is -3.75. The Morgan fingerprint density at radius 1 is 0.812 bits per heavy atom. The maximum atomic E-state index is 14.6. The molecule has 1 saturated heterocycles. The monoisotopic (exact) mass is 963 g/mol. The number of likely N-dealkylation sites (N-methyl/N-ethyl adjacent to an activating group) is 2. The standard InChI is InChI=1S/C50H78N10O9/c1-6-7-8-9-10-11-12-15-25-53-26-22-43(62)57-38(16-13-14-23-51)50(68)60(5)44-35-18-20-42(69-28-24-52)37(31-35)36-29-34(17-19-41(36)61)30-39(58-45(63)32(2)55-48(44)66)46(64)56-33(3)49(67)59(4)40-21-27-54-47(40)65/h17-20,29,31-33,38-40,44,53,61H,6-16,21-28,30,51-52H2,1-5H3,(H,54,65)(H,55,66)(H,56,64)(H,57,62)(H,58,63)/t32-,33-,38-,39-,40-,44-/m0/s1. The van der Waals surface area contributed by atoms with E-state index in [1.54, 1.807) is 30.3 Å². The summed E-state index contributed by atoms with van der Waals surface area (Å²) in [6.07, 6.45) is 11.4.